The molecule has 0 aromatic heterocycles. The zero-order valence-corrected chi connectivity index (χ0v) is 22.4. The lowest BCUT2D eigenvalue weighted by Gasteiger charge is -2.42. The number of hydrogen-bond donors (Lipinski definition) is 0. The molecule has 0 amide bonds. The molecule has 29 heavy (non-hydrogen) atoms. The second kappa shape index (κ2) is 9.52. The Morgan fingerprint density at radius 2 is 1.34 bits per heavy atom. The number of rotatable bonds is 8. The third-order valence-electron chi connectivity index (χ3n) is 5.35. The first-order chi connectivity index (χ1) is 13.3. The van der Waals surface area contributed by atoms with Crippen LogP contribution in [0.15, 0.2) is 59.5 Å². The zero-order chi connectivity index (χ0) is 21.9. The van der Waals surface area contributed by atoms with Crippen LogP contribution in [-0.2, 0) is 8.85 Å². The summed E-state index contributed by atoms with van der Waals surface area (Å²) in [4.78, 5) is 1.22. The average molecular weight is 447 g/mol. The Kier molecular flexibility index (Phi) is 8.01. The van der Waals surface area contributed by atoms with Crippen LogP contribution >= 0.6 is 11.8 Å². The van der Waals surface area contributed by atoms with Gasteiger partial charge in [-0.3, -0.25) is 0 Å². The van der Waals surface area contributed by atoms with Gasteiger partial charge in [0.05, 0.1) is 0 Å². The minimum Gasteiger partial charge on any atom is -0.407 e. The van der Waals surface area contributed by atoms with Crippen molar-refractivity contribution in [2.24, 2.45) is 0 Å². The van der Waals surface area contributed by atoms with E-state index in [9.17, 15) is 0 Å². The lowest BCUT2D eigenvalue weighted by atomic mass is 10.1. The summed E-state index contributed by atoms with van der Waals surface area (Å²) < 4.78 is 13.8. The average Bonchev–Trinajstić information content (AvgIpc) is 2.60. The fraction of sp³-hybridized carbons (Fsp3) is 0.500. The Morgan fingerprint density at radius 3 is 1.83 bits per heavy atom. The van der Waals surface area contributed by atoms with Crippen LogP contribution in [0.25, 0.3) is 0 Å². The first-order valence-electron chi connectivity index (χ1n) is 10.4. The Hall–Kier alpha value is -0.856. The summed E-state index contributed by atoms with van der Waals surface area (Å²) >= 11 is 1.79. The first-order valence-corrected chi connectivity index (χ1v) is 17.6. The van der Waals surface area contributed by atoms with Gasteiger partial charge >= 0.3 is 0 Å². The van der Waals surface area contributed by atoms with Crippen LogP contribution < -0.4 is 0 Å². The van der Waals surface area contributed by atoms with Crippen LogP contribution in [0.5, 0.6) is 0 Å². The molecule has 2 rings (SSSR count). The summed E-state index contributed by atoms with van der Waals surface area (Å²) in [5, 5.41) is 0.138. The predicted octanol–water partition coefficient (Wildman–Crippen LogP) is 8.03. The summed E-state index contributed by atoms with van der Waals surface area (Å²) in [7, 11) is -3.78. The van der Waals surface area contributed by atoms with Crippen molar-refractivity contribution < 1.29 is 8.85 Å². The first kappa shape index (κ1) is 24.4. The van der Waals surface area contributed by atoms with Crippen molar-refractivity contribution in [1.29, 1.82) is 0 Å². The third-order valence-corrected chi connectivity index (χ3v) is 12.1. The summed E-state index contributed by atoms with van der Waals surface area (Å²) in [6.07, 6.45) is -0.0942. The molecule has 0 heterocycles. The molecule has 0 spiro atoms. The molecule has 0 saturated heterocycles. The molecular weight excluding hydrogens is 409 g/mol. The van der Waals surface area contributed by atoms with E-state index in [1.54, 1.807) is 11.8 Å². The van der Waals surface area contributed by atoms with E-state index in [0.29, 0.717) is 0 Å². The highest BCUT2D eigenvalue weighted by Crippen LogP contribution is 2.44. The molecule has 2 aromatic carbocycles. The van der Waals surface area contributed by atoms with Crippen molar-refractivity contribution in [3.8, 4) is 0 Å². The van der Waals surface area contributed by atoms with E-state index in [1.165, 1.54) is 16.0 Å². The van der Waals surface area contributed by atoms with E-state index >= 15 is 0 Å². The number of thioether (sulfide) groups is 1. The van der Waals surface area contributed by atoms with Gasteiger partial charge < -0.3 is 8.85 Å². The molecule has 0 aliphatic carbocycles. The van der Waals surface area contributed by atoms with Crippen LogP contribution in [0.3, 0.4) is 0 Å². The van der Waals surface area contributed by atoms with E-state index in [-0.39, 0.29) is 16.6 Å². The highest BCUT2D eigenvalue weighted by atomic mass is 32.2. The van der Waals surface area contributed by atoms with Crippen LogP contribution in [-0.4, -0.2) is 22.1 Å². The van der Waals surface area contributed by atoms with Gasteiger partial charge in [-0.05, 0) is 62.4 Å². The number of benzene rings is 2. The maximum Gasteiger partial charge on any atom is 0.193 e. The SMILES string of the molecule is Cc1ccc(S[C@@H](O[Si](C)(C)C(C)(C)C)[C@H](O[Si](C)(C)C)c2ccccc2)cc1. The molecule has 0 saturated carbocycles. The van der Waals surface area contributed by atoms with Gasteiger partial charge in [0, 0.05) is 4.90 Å². The van der Waals surface area contributed by atoms with Gasteiger partial charge in [0.15, 0.2) is 16.6 Å². The highest BCUT2D eigenvalue weighted by Gasteiger charge is 2.42. The maximum absolute atomic E-state index is 7.00. The van der Waals surface area contributed by atoms with Crippen molar-refractivity contribution in [1.82, 2.24) is 0 Å². The Labute approximate surface area is 184 Å². The summed E-state index contributed by atoms with van der Waals surface area (Å²) in [6.45, 7) is 20.4. The van der Waals surface area contributed by atoms with Gasteiger partial charge in [-0.15, -0.1) is 0 Å². The molecule has 2 nitrogen and oxygen atoms in total. The van der Waals surface area contributed by atoms with Gasteiger partial charge in [0.2, 0.25) is 0 Å². The van der Waals surface area contributed by atoms with E-state index in [0.717, 1.165) is 0 Å². The number of aryl methyl sites for hydroxylation is 1. The van der Waals surface area contributed by atoms with E-state index < -0.39 is 16.6 Å². The monoisotopic (exact) mass is 446 g/mol. The van der Waals surface area contributed by atoms with Crippen molar-refractivity contribution in [2.75, 3.05) is 0 Å². The Morgan fingerprint density at radius 1 is 0.793 bits per heavy atom. The van der Waals surface area contributed by atoms with Crippen LogP contribution in [0.1, 0.15) is 38.0 Å². The molecule has 0 N–H and O–H groups in total. The largest absolute Gasteiger partial charge is 0.407 e. The summed E-state index contributed by atoms with van der Waals surface area (Å²) in [5.41, 5.74) is 2.38. The van der Waals surface area contributed by atoms with Gasteiger partial charge in [0.25, 0.3) is 0 Å². The quantitative estimate of drug-likeness (QED) is 0.232. The van der Waals surface area contributed by atoms with Gasteiger partial charge in [-0.2, -0.15) is 0 Å². The van der Waals surface area contributed by atoms with Crippen molar-refractivity contribution in [3.05, 3.63) is 65.7 Å². The summed E-state index contributed by atoms with van der Waals surface area (Å²) in [6, 6.07) is 19.3. The fourth-order valence-electron chi connectivity index (χ4n) is 2.67. The molecule has 0 radical (unpaired) electrons. The van der Waals surface area contributed by atoms with Gasteiger partial charge in [-0.25, -0.2) is 0 Å². The minimum atomic E-state index is -1.99. The van der Waals surface area contributed by atoms with Crippen molar-refractivity contribution in [2.45, 2.75) is 81.9 Å². The van der Waals surface area contributed by atoms with Crippen molar-refractivity contribution >= 4 is 28.4 Å². The summed E-state index contributed by atoms with van der Waals surface area (Å²) in [5.74, 6) is 0. The van der Waals surface area contributed by atoms with E-state index in [4.69, 9.17) is 8.85 Å². The van der Waals surface area contributed by atoms with Crippen molar-refractivity contribution in [3.63, 3.8) is 0 Å². The highest BCUT2D eigenvalue weighted by molar-refractivity contribution is 7.99. The smallest absolute Gasteiger partial charge is 0.193 e. The second-order valence-electron chi connectivity index (χ2n) is 10.2. The fourth-order valence-corrected chi connectivity index (χ4v) is 6.66. The second-order valence-corrected chi connectivity index (χ2v) is 20.6. The number of hydrogen-bond acceptors (Lipinski definition) is 3. The molecule has 160 valence electrons. The van der Waals surface area contributed by atoms with E-state index in [2.05, 4.69) is 115 Å². The predicted molar refractivity (Wildman–Crippen MR) is 133 cm³/mol. The molecule has 2 atom stereocenters. The Bertz CT molecular complexity index is 762. The standard InChI is InChI=1S/C24H38O2SSi2/c1-19-15-17-21(18-16-19)27-23(26-29(8,9)24(2,3)4)22(25-28(5,6)7)20-13-11-10-12-14-20/h10-18,22-23H,1-9H3/t22-,23-/m1/s1. The molecule has 0 aliphatic rings. The van der Waals surface area contributed by atoms with Crippen LogP contribution in [0, 0.1) is 6.92 Å². The molecule has 0 unspecified atom stereocenters. The van der Waals surface area contributed by atoms with Crippen LogP contribution in [0.4, 0.5) is 0 Å². The molecule has 0 fully saturated rings. The zero-order valence-electron chi connectivity index (χ0n) is 19.6. The molecule has 0 bridgehead atoms. The van der Waals surface area contributed by atoms with Gasteiger partial charge in [0.1, 0.15) is 11.5 Å². The van der Waals surface area contributed by atoms with Crippen LogP contribution in [0.2, 0.25) is 37.8 Å². The third kappa shape index (κ3) is 7.40. The molecular formula is C24H38O2SSi2. The normalized spacial score (nSPS) is 15.2. The molecule has 5 heteroatoms. The topological polar surface area (TPSA) is 18.5 Å². The Balaban J connectivity index is 2.46. The maximum atomic E-state index is 7.00. The minimum absolute atomic E-state index is 0.0901. The van der Waals surface area contributed by atoms with Gasteiger partial charge in [-0.1, -0.05) is 80.6 Å². The lowest BCUT2D eigenvalue weighted by Crippen LogP contribution is -2.46. The molecule has 2 aromatic rings. The van der Waals surface area contributed by atoms with E-state index in [1.807, 2.05) is 0 Å². The molecule has 0 aliphatic heterocycles. The lowest BCUT2D eigenvalue weighted by molar-refractivity contribution is 0.0930.